The lowest BCUT2D eigenvalue weighted by molar-refractivity contribution is -0.115. The standard InChI is InChI=1S/C11H13NO2/c1-3-11(14)12-10-7-5-4-6-9(10)8(2)13/h4-7H,3H2,1-2H3,(H,12,14). The van der Waals surface area contributed by atoms with Gasteiger partial charge in [0.15, 0.2) is 5.78 Å². The number of Topliss-reactive ketones (excluding diaryl/α,β-unsaturated/α-hetero) is 1. The molecule has 1 aromatic carbocycles. The Kier molecular flexibility index (Phi) is 3.40. The highest BCUT2D eigenvalue weighted by Crippen LogP contribution is 2.15. The summed E-state index contributed by atoms with van der Waals surface area (Å²) in [5.41, 5.74) is 1.14. The van der Waals surface area contributed by atoms with Crippen molar-refractivity contribution in [1.29, 1.82) is 0 Å². The molecule has 3 nitrogen and oxygen atoms in total. The van der Waals surface area contributed by atoms with Crippen molar-refractivity contribution >= 4 is 17.4 Å². The Balaban J connectivity index is 2.95. The fourth-order valence-corrected chi connectivity index (χ4v) is 1.14. The highest BCUT2D eigenvalue weighted by molar-refractivity contribution is 6.03. The molecular weight excluding hydrogens is 178 g/mol. The summed E-state index contributed by atoms with van der Waals surface area (Å²) in [4.78, 5) is 22.3. The van der Waals surface area contributed by atoms with E-state index in [2.05, 4.69) is 5.32 Å². The first-order valence-electron chi connectivity index (χ1n) is 4.55. The van der Waals surface area contributed by atoms with Crippen LogP contribution in [0.2, 0.25) is 0 Å². The zero-order valence-electron chi connectivity index (χ0n) is 8.33. The average Bonchev–Trinajstić information content (AvgIpc) is 2.18. The Bertz CT molecular complexity index is 358. The zero-order chi connectivity index (χ0) is 10.6. The van der Waals surface area contributed by atoms with Crippen molar-refractivity contribution in [3.05, 3.63) is 29.8 Å². The zero-order valence-corrected chi connectivity index (χ0v) is 8.33. The largest absolute Gasteiger partial charge is 0.325 e. The molecule has 0 aromatic heterocycles. The number of carbonyl (C=O) groups is 2. The molecule has 1 rings (SSSR count). The highest BCUT2D eigenvalue weighted by atomic mass is 16.1. The second-order valence-corrected chi connectivity index (χ2v) is 3.00. The van der Waals surface area contributed by atoms with Crippen LogP contribution >= 0.6 is 0 Å². The minimum absolute atomic E-state index is 0.0444. The molecule has 0 bridgehead atoms. The summed E-state index contributed by atoms with van der Waals surface area (Å²) >= 11 is 0. The smallest absolute Gasteiger partial charge is 0.224 e. The van der Waals surface area contributed by atoms with Crippen LogP contribution in [0.25, 0.3) is 0 Å². The summed E-state index contributed by atoms with van der Waals surface area (Å²) in [6.45, 7) is 3.25. The van der Waals surface area contributed by atoms with Crippen LogP contribution in [0.1, 0.15) is 30.6 Å². The van der Waals surface area contributed by atoms with Crippen LogP contribution in [0.3, 0.4) is 0 Å². The van der Waals surface area contributed by atoms with E-state index in [4.69, 9.17) is 0 Å². The van der Waals surface area contributed by atoms with Crippen LogP contribution in [0.5, 0.6) is 0 Å². The van der Waals surface area contributed by atoms with E-state index >= 15 is 0 Å². The molecule has 0 unspecified atom stereocenters. The summed E-state index contributed by atoms with van der Waals surface area (Å²) in [5, 5.41) is 2.68. The Morgan fingerprint density at radius 2 is 1.93 bits per heavy atom. The molecular formula is C11H13NO2. The Morgan fingerprint density at radius 3 is 2.50 bits per heavy atom. The van der Waals surface area contributed by atoms with Gasteiger partial charge in [-0.1, -0.05) is 19.1 Å². The van der Waals surface area contributed by atoms with Gasteiger partial charge >= 0.3 is 0 Å². The van der Waals surface area contributed by atoms with E-state index in [1.807, 2.05) is 0 Å². The van der Waals surface area contributed by atoms with Crippen LogP contribution in [0.15, 0.2) is 24.3 Å². The lowest BCUT2D eigenvalue weighted by atomic mass is 10.1. The summed E-state index contributed by atoms with van der Waals surface area (Å²) < 4.78 is 0. The predicted octanol–water partition coefficient (Wildman–Crippen LogP) is 2.24. The number of ketones is 1. The molecule has 0 heterocycles. The highest BCUT2D eigenvalue weighted by Gasteiger charge is 2.07. The molecule has 14 heavy (non-hydrogen) atoms. The lowest BCUT2D eigenvalue weighted by Crippen LogP contribution is -2.12. The van der Waals surface area contributed by atoms with Gasteiger partial charge < -0.3 is 5.32 Å². The molecule has 3 heteroatoms. The summed E-state index contributed by atoms with van der Waals surface area (Å²) in [7, 11) is 0. The maximum absolute atomic E-state index is 11.2. The quantitative estimate of drug-likeness (QED) is 0.745. The number of carbonyl (C=O) groups excluding carboxylic acids is 2. The first-order valence-corrected chi connectivity index (χ1v) is 4.55. The van der Waals surface area contributed by atoms with Crippen molar-refractivity contribution in [3.8, 4) is 0 Å². The summed E-state index contributed by atoms with van der Waals surface area (Å²) in [6, 6.07) is 6.99. The first-order chi connectivity index (χ1) is 6.65. The Hall–Kier alpha value is -1.64. The number of hydrogen-bond acceptors (Lipinski definition) is 2. The topological polar surface area (TPSA) is 46.2 Å². The van der Waals surface area contributed by atoms with Crippen molar-refractivity contribution in [2.45, 2.75) is 20.3 Å². The molecule has 1 aromatic rings. The van der Waals surface area contributed by atoms with E-state index < -0.39 is 0 Å². The minimum atomic E-state index is -0.0845. The Morgan fingerprint density at radius 1 is 1.29 bits per heavy atom. The third-order valence-corrected chi connectivity index (χ3v) is 1.90. The molecule has 0 aliphatic rings. The van der Waals surface area contributed by atoms with Gasteiger partial charge in [-0.05, 0) is 19.1 Å². The minimum Gasteiger partial charge on any atom is -0.325 e. The van der Waals surface area contributed by atoms with Gasteiger partial charge in [0.1, 0.15) is 0 Å². The third kappa shape index (κ3) is 2.42. The van der Waals surface area contributed by atoms with Crippen LogP contribution in [0.4, 0.5) is 5.69 Å². The molecule has 0 atom stereocenters. The molecule has 0 fully saturated rings. The number of amides is 1. The van der Waals surface area contributed by atoms with Crippen molar-refractivity contribution < 1.29 is 9.59 Å². The molecule has 74 valence electrons. The van der Waals surface area contributed by atoms with E-state index in [1.54, 1.807) is 31.2 Å². The van der Waals surface area contributed by atoms with Gasteiger partial charge in [0, 0.05) is 12.0 Å². The number of rotatable bonds is 3. The lowest BCUT2D eigenvalue weighted by Gasteiger charge is -2.07. The first kappa shape index (κ1) is 10.4. The van der Waals surface area contributed by atoms with E-state index in [0.717, 1.165) is 0 Å². The van der Waals surface area contributed by atoms with Gasteiger partial charge in [-0.15, -0.1) is 0 Å². The number of hydrogen-bond donors (Lipinski definition) is 1. The van der Waals surface area contributed by atoms with Crippen LogP contribution in [-0.2, 0) is 4.79 Å². The van der Waals surface area contributed by atoms with E-state index in [-0.39, 0.29) is 11.7 Å². The predicted molar refractivity (Wildman–Crippen MR) is 55.4 cm³/mol. The molecule has 0 aliphatic heterocycles. The molecule has 0 spiro atoms. The van der Waals surface area contributed by atoms with Gasteiger partial charge in [0.05, 0.1) is 5.69 Å². The molecule has 0 radical (unpaired) electrons. The van der Waals surface area contributed by atoms with Gasteiger partial charge in [0.25, 0.3) is 0 Å². The van der Waals surface area contributed by atoms with E-state index in [9.17, 15) is 9.59 Å². The molecule has 0 aliphatic carbocycles. The summed E-state index contributed by atoms with van der Waals surface area (Å²) in [6.07, 6.45) is 0.409. The van der Waals surface area contributed by atoms with E-state index in [0.29, 0.717) is 17.7 Å². The third-order valence-electron chi connectivity index (χ3n) is 1.90. The Labute approximate surface area is 83.1 Å². The maximum Gasteiger partial charge on any atom is 0.224 e. The number of benzene rings is 1. The van der Waals surface area contributed by atoms with Crippen LogP contribution in [-0.4, -0.2) is 11.7 Å². The number of para-hydroxylation sites is 1. The van der Waals surface area contributed by atoms with Crippen LogP contribution < -0.4 is 5.32 Å². The second kappa shape index (κ2) is 4.56. The van der Waals surface area contributed by atoms with Crippen molar-refractivity contribution in [2.24, 2.45) is 0 Å². The molecule has 0 saturated carbocycles. The van der Waals surface area contributed by atoms with Gasteiger partial charge in [-0.25, -0.2) is 0 Å². The maximum atomic E-state index is 11.2. The molecule has 0 saturated heterocycles. The van der Waals surface area contributed by atoms with Crippen molar-refractivity contribution in [2.75, 3.05) is 5.32 Å². The second-order valence-electron chi connectivity index (χ2n) is 3.00. The van der Waals surface area contributed by atoms with Crippen LogP contribution in [0, 0.1) is 0 Å². The SMILES string of the molecule is CCC(=O)Nc1ccccc1C(C)=O. The average molecular weight is 191 g/mol. The van der Waals surface area contributed by atoms with Gasteiger partial charge in [0.2, 0.25) is 5.91 Å². The van der Waals surface area contributed by atoms with Gasteiger partial charge in [-0.3, -0.25) is 9.59 Å². The molecule has 1 amide bonds. The van der Waals surface area contributed by atoms with Crippen molar-refractivity contribution in [1.82, 2.24) is 0 Å². The monoisotopic (exact) mass is 191 g/mol. The number of nitrogens with one attached hydrogen (secondary N) is 1. The fraction of sp³-hybridized carbons (Fsp3) is 0.273. The normalized spacial score (nSPS) is 9.57. The van der Waals surface area contributed by atoms with Gasteiger partial charge in [-0.2, -0.15) is 0 Å². The van der Waals surface area contributed by atoms with Crippen molar-refractivity contribution in [3.63, 3.8) is 0 Å². The van der Waals surface area contributed by atoms with E-state index in [1.165, 1.54) is 6.92 Å². The molecule has 1 N–H and O–H groups in total. The fourth-order valence-electron chi connectivity index (χ4n) is 1.14. The summed E-state index contributed by atoms with van der Waals surface area (Å²) in [5.74, 6) is -0.129. The number of anilines is 1.